The molecule has 0 radical (unpaired) electrons. The standard InChI is InChI=1S/C28H39NO5S/c1-2-3-4-5-6-7-8-9-10-11-12-13-14-15-22-33-35(32)34-29-27(30)24-20-16-18-23-19-17-21-25(26(23)24)28(29)31/h16-21H,2-15,22H2,1H3. The van der Waals surface area contributed by atoms with Gasteiger partial charge in [-0.25, -0.2) is 0 Å². The summed E-state index contributed by atoms with van der Waals surface area (Å²) < 4.78 is 22.5. The Hall–Kier alpha value is -2.09. The SMILES string of the molecule is CCCCCCCCCCCCCCCCOS(=O)ON1C(=O)c2cccc3cccc(c23)C1=O. The van der Waals surface area contributed by atoms with E-state index in [1.807, 2.05) is 12.1 Å². The molecule has 0 aromatic heterocycles. The first-order valence-electron chi connectivity index (χ1n) is 13.3. The maximum Gasteiger partial charge on any atom is 0.328 e. The van der Waals surface area contributed by atoms with Crippen LogP contribution in [0.4, 0.5) is 0 Å². The van der Waals surface area contributed by atoms with Crippen molar-refractivity contribution >= 4 is 33.9 Å². The number of hydroxylamine groups is 2. The lowest BCUT2D eigenvalue weighted by molar-refractivity contribution is -0.0188. The van der Waals surface area contributed by atoms with Gasteiger partial charge < -0.3 is 0 Å². The van der Waals surface area contributed by atoms with E-state index in [0.717, 1.165) is 24.6 Å². The van der Waals surface area contributed by atoms with Crippen molar-refractivity contribution in [1.82, 2.24) is 5.06 Å². The van der Waals surface area contributed by atoms with Gasteiger partial charge in [0.25, 0.3) is 11.8 Å². The van der Waals surface area contributed by atoms with Gasteiger partial charge in [0.05, 0.1) is 17.7 Å². The lowest BCUT2D eigenvalue weighted by Gasteiger charge is -2.24. The Morgan fingerprint density at radius 3 is 1.63 bits per heavy atom. The molecule has 0 saturated heterocycles. The molecular formula is C28H39NO5S. The average molecular weight is 502 g/mol. The fourth-order valence-corrected chi connectivity index (χ4v) is 5.14. The Bertz CT molecular complexity index is 942. The molecule has 1 unspecified atom stereocenters. The van der Waals surface area contributed by atoms with Crippen molar-refractivity contribution < 1.29 is 22.3 Å². The molecule has 0 fully saturated rings. The van der Waals surface area contributed by atoms with E-state index >= 15 is 0 Å². The Morgan fingerprint density at radius 2 is 1.14 bits per heavy atom. The van der Waals surface area contributed by atoms with Gasteiger partial charge in [-0.05, 0) is 23.9 Å². The minimum atomic E-state index is -2.22. The van der Waals surface area contributed by atoms with Crippen molar-refractivity contribution in [2.45, 2.75) is 96.8 Å². The molecule has 2 aromatic rings. The zero-order valence-corrected chi connectivity index (χ0v) is 21.8. The van der Waals surface area contributed by atoms with E-state index in [1.54, 1.807) is 24.3 Å². The van der Waals surface area contributed by atoms with Gasteiger partial charge in [-0.15, -0.1) is 9.35 Å². The predicted molar refractivity (Wildman–Crippen MR) is 140 cm³/mol. The number of carbonyl (C=O) groups is 2. The Labute approximate surface area is 212 Å². The largest absolute Gasteiger partial charge is 0.328 e. The number of amides is 2. The second-order valence-electron chi connectivity index (χ2n) is 9.31. The number of unbranched alkanes of at least 4 members (excludes halogenated alkanes) is 13. The van der Waals surface area contributed by atoms with Gasteiger partial charge in [0.2, 0.25) is 0 Å². The Morgan fingerprint density at radius 1 is 0.686 bits per heavy atom. The Balaban J connectivity index is 1.25. The van der Waals surface area contributed by atoms with E-state index in [-0.39, 0.29) is 6.61 Å². The lowest BCUT2D eigenvalue weighted by atomic mass is 9.95. The zero-order chi connectivity index (χ0) is 24.9. The molecule has 3 rings (SSSR count). The molecular weight excluding hydrogens is 462 g/mol. The van der Waals surface area contributed by atoms with Crippen LogP contribution in [0.15, 0.2) is 36.4 Å². The second-order valence-corrected chi connectivity index (χ2v) is 10.1. The van der Waals surface area contributed by atoms with E-state index < -0.39 is 23.2 Å². The predicted octanol–water partition coefficient (Wildman–Crippen LogP) is 7.44. The van der Waals surface area contributed by atoms with Gasteiger partial charge in [-0.3, -0.25) is 13.8 Å². The minimum Gasteiger partial charge on any atom is -0.267 e. The normalized spacial score (nSPS) is 14.1. The highest BCUT2D eigenvalue weighted by Gasteiger charge is 2.35. The number of rotatable bonds is 18. The summed E-state index contributed by atoms with van der Waals surface area (Å²) in [4.78, 5) is 25.5. The van der Waals surface area contributed by atoms with Crippen LogP contribution in [0.1, 0.15) is 118 Å². The van der Waals surface area contributed by atoms with Crippen molar-refractivity contribution in [3.8, 4) is 0 Å². The topological polar surface area (TPSA) is 72.9 Å². The fourth-order valence-electron chi connectivity index (χ4n) is 4.58. The molecule has 0 spiro atoms. The molecule has 0 saturated carbocycles. The van der Waals surface area contributed by atoms with E-state index in [4.69, 9.17) is 8.47 Å². The van der Waals surface area contributed by atoms with Gasteiger partial charge >= 0.3 is 11.4 Å². The number of benzene rings is 2. The minimum absolute atomic E-state index is 0.257. The molecule has 35 heavy (non-hydrogen) atoms. The summed E-state index contributed by atoms with van der Waals surface area (Å²) >= 11 is -2.22. The number of nitrogens with zero attached hydrogens (tertiary/aromatic N) is 1. The van der Waals surface area contributed by atoms with Crippen molar-refractivity contribution in [3.63, 3.8) is 0 Å². The molecule has 1 aliphatic heterocycles. The summed E-state index contributed by atoms with van der Waals surface area (Å²) in [6.07, 6.45) is 17.6. The zero-order valence-electron chi connectivity index (χ0n) is 21.0. The van der Waals surface area contributed by atoms with Gasteiger partial charge in [-0.2, -0.15) is 4.21 Å². The van der Waals surface area contributed by atoms with E-state index in [1.165, 1.54) is 70.6 Å². The molecule has 2 amide bonds. The van der Waals surface area contributed by atoms with Crippen LogP contribution in [-0.2, 0) is 19.8 Å². The third-order valence-corrected chi connectivity index (χ3v) is 7.18. The molecule has 1 heterocycles. The van der Waals surface area contributed by atoms with Crippen LogP contribution in [0.2, 0.25) is 0 Å². The van der Waals surface area contributed by atoms with Gasteiger partial charge in [0.15, 0.2) is 0 Å². The monoisotopic (exact) mass is 501 g/mol. The highest BCUT2D eigenvalue weighted by Crippen LogP contribution is 2.30. The van der Waals surface area contributed by atoms with Crippen LogP contribution in [0, 0.1) is 0 Å². The van der Waals surface area contributed by atoms with Crippen LogP contribution in [0.3, 0.4) is 0 Å². The van der Waals surface area contributed by atoms with Crippen molar-refractivity contribution in [2.75, 3.05) is 6.61 Å². The van der Waals surface area contributed by atoms with E-state index in [9.17, 15) is 13.8 Å². The quantitative estimate of drug-likeness (QED) is 0.157. The smallest absolute Gasteiger partial charge is 0.267 e. The van der Waals surface area contributed by atoms with Gasteiger partial charge in [-0.1, -0.05) is 115 Å². The summed E-state index contributed by atoms with van der Waals surface area (Å²) in [6, 6.07) is 10.5. The molecule has 0 aliphatic carbocycles. The molecule has 192 valence electrons. The number of carbonyl (C=O) groups excluding carboxylic acids is 2. The first kappa shape index (κ1) is 27.5. The summed E-state index contributed by atoms with van der Waals surface area (Å²) in [7, 11) is 0. The average Bonchev–Trinajstić information content (AvgIpc) is 2.87. The van der Waals surface area contributed by atoms with E-state index in [0.29, 0.717) is 21.6 Å². The van der Waals surface area contributed by atoms with Crippen molar-refractivity contribution in [2.24, 2.45) is 0 Å². The number of hydrogen-bond acceptors (Lipinski definition) is 5. The Kier molecular flexibility index (Phi) is 11.9. The summed E-state index contributed by atoms with van der Waals surface area (Å²) in [5.41, 5.74) is 0.698. The highest BCUT2D eigenvalue weighted by atomic mass is 32.2. The molecule has 6 nitrogen and oxygen atoms in total. The number of hydrogen-bond donors (Lipinski definition) is 0. The highest BCUT2D eigenvalue weighted by molar-refractivity contribution is 7.75. The lowest BCUT2D eigenvalue weighted by Crippen LogP contribution is -2.40. The maximum atomic E-state index is 12.8. The van der Waals surface area contributed by atoms with Crippen LogP contribution in [-0.4, -0.2) is 27.7 Å². The summed E-state index contributed by atoms with van der Waals surface area (Å²) in [5.74, 6) is -1.26. The molecule has 7 heteroatoms. The van der Waals surface area contributed by atoms with Crippen LogP contribution < -0.4 is 0 Å². The van der Waals surface area contributed by atoms with Crippen LogP contribution in [0.25, 0.3) is 10.8 Å². The number of imide groups is 1. The van der Waals surface area contributed by atoms with E-state index in [2.05, 4.69) is 6.92 Å². The summed E-state index contributed by atoms with van der Waals surface area (Å²) in [5, 5.41) is 1.95. The third-order valence-electron chi connectivity index (χ3n) is 6.55. The first-order chi connectivity index (χ1) is 17.1. The summed E-state index contributed by atoms with van der Waals surface area (Å²) in [6.45, 7) is 2.51. The second kappa shape index (κ2) is 15.1. The molecule has 1 atom stereocenters. The van der Waals surface area contributed by atoms with Crippen LogP contribution in [0.5, 0.6) is 0 Å². The molecule has 0 bridgehead atoms. The molecule has 0 N–H and O–H groups in total. The third kappa shape index (κ3) is 8.23. The fraction of sp³-hybridized carbons (Fsp3) is 0.571. The van der Waals surface area contributed by atoms with Crippen molar-refractivity contribution in [3.05, 3.63) is 47.5 Å². The van der Waals surface area contributed by atoms with Gasteiger partial charge in [0, 0.05) is 5.39 Å². The van der Waals surface area contributed by atoms with Crippen molar-refractivity contribution in [1.29, 1.82) is 0 Å². The first-order valence-corrected chi connectivity index (χ1v) is 14.3. The molecule has 2 aromatic carbocycles. The van der Waals surface area contributed by atoms with Gasteiger partial charge in [0.1, 0.15) is 0 Å². The van der Waals surface area contributed by atoms with Crippen LogP contribution >= 0.6 is 0 Å². The maximum absolute atomic E-state index is 12.8. The molecule has 1 aliphatic rings.